The molecule has 0 spiro atoms. The molecule has 0 atom stereocenters. The van der Waals surface area contributed by atoms with Crippen LogP contribution in [0.5, 0.6) is 5.75 Å². The van der Waals surface area contributed by atoms with Gasteiger partial charge in [-0.2, -0.15) is 0 Å². The molecule has 6 heteroatoms. The Hall–Kier alpha value is -3.15. The molecule has 0 saturated heterocycles. The Morgan fingerprint density at radius 3 is 2.58 bits per heavy atom. The average Bonchev–Trinajstić information content (AvgIpc) is 3.07. The highest BCUT2D eigenvalue weighted by atomic mass is 16.5. The lowest BCUT2D eigenvalue weighted by Gasteiger charge is -2.06. The van der Waals surface area contributed by atoms with Crippen molar-refractivity contribution in [2.45, 2.75) is 26.2 Å². The Morgan fingerprint density at radius 2 is 1.85 bits per heavy atom. The van der Waals surface area contributed by atoms with Gasteiger partial charge in [0.05, 0.1) is 17.6 Å². The maximum absolute atomic E-state index is 12.2. The summed E-state index contributed by atoms with van der Waals surface area (Å²) in [5.74, 6) is 0.805. The Balaban J connectivity index is 1.51. The lowest BCUT2D eigenvalue weighted by molar-refractivity contribution is -0.116. The largest absolute Gasteiger partial charge is 0.494 e. The van der Waals surface area contributed by atoms with Crippen molar-refractivity contribution in [2.75, 3.05) is 11.9 Å². The van der Waals surface area contributed by atoms with E-state index in [-0.39, 0.29) is 24.5 Å². The third-order valence-electron chi connectivity index (χ3n) is 3.88. The number of nitrogens with zero attached hydrogens (tertiary/aromatic N) is 1. The van der Waals surface area contributed by atoms with Gasteiger partial charge < -0.3 is 9.72 Å². The summed E-state index contributed by atoms with van der Waals surface area (Å²) in [6.07, 6.45) is 1.17. The number of Topliss-reactive ketones (excluding diaryl/α,β-unsaturated/α-hetero) is 1. The van der Waals surface area contributed by atoms with Gasteiger partial charge in [0, 0.05) is 18.4 Å². The second kappa shape index (κ2) is 8.29. The van der Waals surface area contributed by atoms with Gasteiger partial charge in [0.1, 0.15) is 5.75 Å². The molecule has 0 aliphatic heterocycles. The van der Waals surface area contributed by atoms with Crippen LogP contribution >= 0.6 is 0 Å². The van der Waals surface area contributed by atoms with Gasteiger partial charge in [-0.25, -0.2) is 4.98 Å². The fourth-order valence-electron chi connectivity index (χ4n) is 2.53. The summed E-state index contributed by atoms with van der Waals surface area (Å²) in [7, 11) is 0. The molecule has 6 nitrogen and oxygen atoms in total. The summed E-state index contributed by atoms with van der Waals surface area (Å²) in [6.45, 7) is 2.68. The quantitative estimate of drug-likeness (QED) is 0.602. The number of aromatic nitrogens is 2. The van der Waals surface area contributed by atoms with E-state index in [9.17, 15) is 9.59 Å². The first-order valence-electron chi connectivity index (χ1n) is 8.66. The van der Waals surface area contributed by atoms with Crippen LogP contribution in [0.1, 0.15) is 36.5 Å². The molecule has 2 N–H and O–H groups in total. The Morgan fingerprint density at radius 1 is 1.08 bits per heavy atom. The summed E-state index contributed by atoms with van der Waals surface area (Å²) >= 11 is 0. The van der Waals surface area contributed by atoms with E-state index in [0.717, 1.165) is 23.2 Å². The maximum atomic E-state index is 12.2. The van der Waals surface area contributed by atoms with E-state index in [1.54, 1.807) is 24.3 Å². The third kappa shape index (κ3) is 4.47. The van der Waals surface area contributed by atoms with E-state index < -0.39 is 0 Å². The lowest BCUT2D eigenvalue weighted by Crippen LogP contribution is -2.14. The zero-order valence-corrected chi connectivity index (χ0v) is 14.6. The van der Waals surface area contributed by atoms with Crippen molar-refractivity contribution in [3.05, 3.63) is 54.1 Å². The molecular weight excluding hydrogens is 330 g/mol. The van der Waals surface area contributed by atoms with Gasteiger partial charge in [0.15, 0.2) is 5.78 Å². The zero-order chi connectivity index (χ0) is 18.4. The van der Waals surface area contributed by atoms with Gasteiger partial charge in [-0.3, -0.25) is 14.9 Å². The lowest BCUT2D eigenvalue weighted by atomic mass is 10.1. The Bertz CT molecular complexity index is 867. The van der Waals surface area contributed by atoms with Crippen LogP contribution in [0.3, 0.4) is 0 Å². The molecule has 0 bridgehead atoms. The molecule has 26 heavy (non-hydrogen) atoms. The van der Waals surface area contributed by atoms with E-state index in [1.807, 2.05) is 31.2 Å². The van der Waals surface area contributed by atoms with Crippen molar-refractivity contribution >= 4 is 28.7 Å². The van der Waals surface area contributed by atoms with Gasteiger partial charge in [0.25, 0.3) is 0 Å². The van der Waals surface area contributed by atoms with Gasteiger partial charge in [-0.1, -0.05) is 19.1 Å². The van der Waals surface area contributed by atoms with Crippen LogP contribution in [-0.2, 0) is 4.79 Å². The van der Waals surface area contributed by atoms with Crippen molar-refractivity contribution in [2.24, 2.45) is 0 Å². The highest BCUT2D eigenvalue weighted by Crippen LogP contribution is 2.16. The number of para-hydroxylation sites is 2. The number of fused-ring (bicyclic) bond motifs is 1. The van der Waals surface area contributed by atoms with Gasteiger partial charge >= 0.3 is 0 Å². The number of carbonyl (C=O) groups is 2. The highest BCUT2D eigenvalue weighted by molar-refractivity contribution is 6.00. The number of anilines is 1. The smallest absolute Gasteiger partial charge is 0.227 e. The number of hydrogen-bond donors (Lipinski definition) is 2. The monoisotopic (exact) mass is 351 g/mol. The predicted molar refractivity (Wildman–Crippen MR) is 101 cm³/mol. The van der Waals surface area contributed by atoms with Crippen molar-refractivity contribution in [1.29, 1.82) is 0 Å². The summed E-state index contributed by atoms with van der Waals surface area (Å²) in [4.78, 5) is 31.6. The van der Waals surface area contributed by atoms with Crippen molar-refractivity contribution < 1.29 is 14.3 Å². The van der Waals surface area contributed by atoms with E-state index in [4.69, 9.17) is 4.74 Å². The molecule has 0 unspecified atom stereocenters. The molecule has 1 amide bonds. The standard InChI is InChI=1S/C20H21N3O3/c1-2-13-26-15-9-7-14(8-10-15)18(24)11-12-19(25)23-20-21-16-5-3-4-6-17(16)22-20/h3-10H,2,11-13H2,1H3,(H2,21,22,23,25). The second-order valence-electron chi connectivity index (χ2n) is 5.95. The van der Waals surface area contributed by atoms with E-state index in [0.29, 0.717) is 18.1 Å². The Kier molecular flexibility index (Phi) is 5.63. The van der Waals surface area contributed by atoms with E-state index in [1.165, 1.54) is 0 Å². The molecule has 3 rings (SSSR count). The molecule has 3 aromatic rings. The molecule has 134 valence electrons. The molecule has 2 aromatic carbocycles. The second-order valence-corrected chi connectivity index (χ2v) is 5.95. The highest BCUT2D eigenvalue weighted by Gasteiger charge is 2.11. The Labute approximate surface area is 151 Å². The number of ketones is 1. The minimum Gasteiger partial charge on any atom is -0.494 e. The van der Waals surface area contributed by atoms with Crippen LogP contribution < -0.4 is 10.1 Å². The minimum atomic E-state index is -0.250. The normalized spacial score (nSPS) is 10.7. The molecule has 0 radical (unpaired) electrons. The number of carbonyl (C=O) groups excluding carboxylic acids is 2. The van der Waals surface area contributed by atoms with Gasteiger partial charge in [0.2, 0.25) is 11.9 Å². The van der Waals surface area contributed by atoms with Crippen LogP contribution in [0, 0.1) is 0 Å². The number of aromatic amines is 1. The summed E-state index contributed by atoms with van der Waals surface area (Å²) in [5.41, 5.74) is 2.21. The molecule has 1 aromatic heterocycles. The van der Waals surface area contributed by atoms with E-state index in [2.05, 4.69) is 15.3 Å². The molecule has 0 saturated carbocycles. The van der Waals surface area contributed by atoms with Crippen LogP contribution in [0.15, 0.2) is 48.5 Å². The summed E-state index contributed by atoms with van der Waals surface area (Å²) in [6, 6.07) is 14.5. The first kappa shape index (κ1) is 17.7. The summed E-state index contributed by atoms with van der Waals surface area (Å²) < 4.78 is 5.49. The van der Waals surface area contributed by atoms with Crippen LogP contribution in [0.2, 0.25) is 0 Å². The fourth-order valence-corrected chi connectivity index (χ4v) is 2.53. The van der Waals surface area contributed by atoms with Crippen molar-refractivity contribution in [1.82, 2.24) is 9.97 Å². The first-order valence-corrected chi connectivity index (χ1v) is 8.66. The molecule has 0 aliphatic rings. The molecule has 0 aliphatic carbocycles. The number of benzene rings is 2. The minimum absolute atomic E-state index is 0.0770. The van der Waals surface area contributed by atoms with Crippen molar-refractivity contribution in [3.8, 4) is 5.75 Å². The van der Waals surface area contributed by atoms with Crippen molar-refractivity contribution in [3.63, 3.8) is 0 Å². The number of nitrogens with one attached hydrogen (secondary N) is 2. The van der Waals surface area contributed by atoms with Crippen LogP contribution in [0.25, 0.3) is 11.0 Å². The fraction of sp³-hybridized carbons (Fsp3) is 0.250. The number of amides is 1. The average molecular weight is 351 g/mol. The predicted octanol–water partition coefficient (Wildman–Crippen LogP) is 3.95. The van der Waals surface area contributed by atoms with Gasteiger partial charge in [-0.15, -0.1) is 0 Å². The SMILES string of the molecule is CCCOc1ccc(C(=O)CCC(=O)Nc2nc3ccccc3[nH]2)cc1. The van der Waals surface area contributed by atoms with E-state index >= 15 is 0 Å². The van der Waals surface area contributed by atoms with Crippen LogP contribution in [-0.4, -0.2) is 28.3 Å². The zero-order valence-electron chi connectivity index (χ0n) is 14.6. The summed E-state index contributed by atoms with van der Waals surface area (Å²) in [5, 5.41) is 2.69. The maximum Gasteiger partial charge on any atom is 0.227 e. The van der Waals surface area contributed by atoms with Gasteiger partial charge in [-0.05, 0) is 42.8 Å². The molecule has 0 fully saturated rings. The number of hydrogen-bond acceptors (Lipinski definition) is 4. The molecular formula is C20H21N3O3. The number of imidazole rings is 1. The first-order chi connectivity index (χ1) is 12.7. The topological polar surface area (TPSA) is 84.1 Å². The van der Waals surface area contributed by atoms with Crippen LogP contribution in [0.4, 0.5) is 5.95 Å². The molecule has 1 heterocycles. The number of ether oxygens (including phenoxy) is 1. The third-order valence-corrected chi connectivity index (χ3v) is 3.88. The number of rotatable bonds is 8. The number of H-pyrrole nitrogens is 1.